The summed E-state index contributed by atoms with van der Waals surface area (Å²) >= 11 is 0. The van der Waals surface area contributed by atoms with Crippen LogP contribution < -0.4 is 10.5 Å². The third-order valence-electron chi connectivity index (χ3n) is 1.75. The van der Waals surface area contributed by atoms with Gasteiger partial charge in [-0.05, 0) is 12.8 Å². The number of ether oxygens (including phenoxy) is 1. The van der Waals surface area contributed by atoms with E-state index in [1.807, 2.05) is 6.92 Å². The van der Waals surface area contributed by atoms with Crippen LogP contribution in [0.2, 0.25) is 0 Å². The summed E-state index contributed by atoms with van der Waals surface area (Å²) in [7, 11) is -3.42. The van der Waals surface area contributed by atoms with Gasteiger partial charge in [0.05, 0.1) is 12.4 Å². The second kappa shape index (κ2) is 8.49. The number of hydrogen-bond acceptors (Lipinski definition) is 4. The molecule has 0 saturated carbocycles. The van der Waals surface area contributed by atoms with Gasteiger partial charge in [0.2, 0.25) is 15.9 Å². The minimum Gasteiger partial charge on any atom is -0.381 e. The highest BCUT2D eigenvalue weighted by molar-refractivity contribution is 7.89. The Hall–Kier alpha value is -0.660. The topological polar surface area (TPSA) is 98.5 Å². The summed E-state index contributed by atoms with van der Waals surface area (Å²) in [6.07, 6.45) is 1.56. The number of hydrogen-bond donors (Lipinski definition) is 2. The molecule has 6 nitrogen and oxygen atoms in total. The van der Waals surface area contributed by atoms with E-state index in [0.29, 0.717) is 32.6 Å². The summed E-state index contributed by atoms with van der Waals surface area (Å²) < 4.78 is 26.3. The van der Waals surface area contributed by atoms with Crippen molar-refractivity contribution in [1.82, 2.24) is 5.32 Å². The molecule has 0 radical (unpaired) electrons. The van der Waals surface area contributed by atoms with Gasteiger partial charge in [-0.1, -0.05) is 6.92 Å². The van der Waals surface area contributed by atoms with E-state index in [0.717, 1.165) is 6.42 Å². The maximum atomic E-state index is 11.2. The zero-order chi connectivity index (χ0) is 12.4. The van der Waals surface area contributed by atoms with Crippen LogP contribution in [-0.2, 0) is 19.6 Å². The summed E-state index contributed by atoms with van der Waals surface area (Å²) in [5, 5.41) is 7.40. The largest absolute Gasteiger partial charge is 0.381 e. The molecule has 1 amide bonds. The summed E-state index contributed by atoms with van der Waals surface area (Å²) in [5.74, 6) is -0.245. The number of amides is 1. The Kier molecular flexibility index (Phi) is 8.14. The zero-order valence-corrected chi connectivity index (χ0v) is 10.4. The van der Waals surface area contributed by atoms with Crippen molar-refractivity contribution in [1.29, 1.82) is 0 Å². The minimum absolute atomic E-state index is 0.111. The first-order valence-corrected chi connectivity index (χ1v) is 7.02. The molecule has 3 N–H and O–H groups in total. The SMILES string of the molecule is CCCOCCC(=O)NCCCS(N)(=O)=O. The normalized spacial score (nSPS) is 11.4. The first-order valence-electron chi connectivity index (χ1n) is 5.30. The van der Waals surface area contributed by atoms with Crippen molar-refractivity contribution in [3.63, 3.8) is 0 Å². The lowest BCUT2D eigenvalue weighted by atomic mass is 10.4. The van der Waals surface area contributed by atoms with E-state index in [2.05, 4.69) is 5.32 Å². The molecule has 7 heteroatoms. The fourth-order valence-corrected chi connectivity index (χ4v) is 1.55. The molecule has 0 rings (SSSR count). The number of nitrogens with two attached hydrogens (primary N) is 1. The van der Waals surface area contributed by atoms with Gasteiger partial charge in [-0.25, -0.2) is 13.6 Å². The maximum absolute atomic E-state index is 11.2. The van der Waals surface area contributed by atoms with Crippen molar-refractivity contribution in [2.24, 2.45) is 5.14 Å². The zero-order valence-electron chi connectivity index (χ0n) is 9.57. The van der Waals surface area contributed by atoms with Crippen LogP contribution in [0, 0.1) is 0 Å². The van der Waals surface area contributed by atoms with Gasteiger partial charge < -0.3 is 10.1 Å². The monoisotopic (exact) mass is 252 g/mol. The average molecular weight is 252 g/mol. The smallest absolute Gasteiger partial charge is 0.222 e. The van der Waals surface area contributed by atoms with Crippen LogP contribution in [0.15, 0.2) is 0 Å². The Morgan fingerprint density at radius 3 is 2.62 bits per heavy atom. The molecule has 0 spiro atoms. The van der Waals surface area contributed by atoms with Gasteiger partial charge in [-0.3, -0.25) is 4.79 Å². The molecule has 0 fully saturated rings. The number of carbonyl (C=O) groups is 1. The lowest BCUT2D eigenvalue weighted by Gasteiger charge is -2.05. The number of sulfonamides is 1. The highest BCUT2D eigenvalue weighted by Gasteiger charge is 2.03. The summed E-state index contributed by atoms with van der Waals surface area (Å²) in [6, 6.07) is 0. The van der Waals surface area contributed by atoms with Gasteiger partial charge in [0.15, 0.2) is 0 Å². The number of nitrogens with one attached hydrogen (secondary N) is 1. The van der Waals surface area contributed by atoms with Crippen molar-refractivity contribution in [2.75, 3.05) is 25.5 Å². The molecule has 0 aromatic heterocycles. The molecule has 0 aromatic rings. The first kappa shape index (κ1) is 15.3. The lowest BCUT2D eigenvalue weighted by Crippen LogP contribution is -2.28. The molecule has 0 saturated heterocycles. The van der Waals surface area contributed by atoms with Crippen LogP contribution in [0.4, 0.5) is 0 Å². The lowest BCUT2D eigenvalue weighted by molar-refractivity contribution is -0.122. The van der Waals surface area contributed by atoms with Gasteiger partial charge in [0.1, 0.15) is 0 Å². The molecule has 0 aliphatic heterocycles. The molecule has 0 aliphatic rings. The van der Waals surface area contributed by atoms with Crippen molar-refractivity contribution in [3.05, 3.63) is 0 Å². The third-order valence-corrected chi connectivity index (χ3v) is 2.61. The summed E-state index contributed by atoms with van der Waals surface area (Å²) in [6.45, 7) is 3.37. The Morgan fingerprint density at radius 1 is 1.38 bits per heavy atom. The van der Waals surface area contributed by atoms with Gasteiger partial charge in [-0.2, -0.15) is 0 Å². The predicted molar refractivity (Wildman–Crippen MR) is 61.3 cm³/mol. The Bertz CT molecular complexity index is 290. The number of primary sulfonamides is 1. The molecule has 0 unspecified atom stereocenters. The van der Waals surface area contributed by atoms with Gasteiger partial charge in [-0.15, -0.1) is 0 Å². The highest BCUT2D eigenvalue weighted by atomic mass is 32.2. The van der Waals surface area contributed by atoms with Gasteiger partial charge >= 0.3 is 0 Å². The van der Waals surface area contributed by atoms with Crippen LogP contribution in [0.5, 0.6) is 0 Å². The predicted octanol–water partition coefficient (Wildman–Crippen LogP) is -0.402. The summed E-state index contributed by atoms with van der Waals surface area (Å²) in [4.78, 5) is 11.2. The van der Waals surface area contributed by atoms with E-state index in [1.54, 1.807) is 0 Å². The molecule has 0 atom stereocenters. The van der Waals surface area contributed by atoms with Crippen LogP contribution in [0.1, 0.15) is 26.2 Å². The van der Waals surface area contributed by atoms with Crippen molar-refractivity contribution >= 4 is 15.9 Å². The van der Waals surface area contributed by atoms with Crippen LogP contribution in [0.25, 0.3) is 0 Å². The van der Waals surface area contributed by atoms with E-state index in [-0.39, 0.29) is 11.7 Å². The van der Waals surface area contributed by atoms with Crippen LogP contribution >= 0.6 is 0 Å². The molecule has 96 valence electrons. The minimum atomic E-state index is -3.42. The van der Waals surface area contributed by atoms with Gasteiger partial charge in [0, 0.05) is 19.6 Å². The number of carbonyl (C=O) groups excluding carboxylic acids is 1. The third kappa shape index (κ3) is 11.4. The molecular formula is C9H20N2O4S. The van der Waals surface area contributed by atoms with Crippen molar-refractivity contribution in [2.45, 2.75) is 26.2 Å². The second-order valence-electron chi connectivity index (χ2n) is 3.43. The second-order valence-corrected chi connectivity index (χ2v) is 5.17. The van der Waals surface area contributed by atoms with Crippen molar-refractivity contribution in [3.8, 4) is 0 Å². The standard InChI is InChI=1S/C9H20N2O4S/c1-2-6-15-7-4-9(12)11-5-3-8-16(10,13)14/h2-8H2,1H3,(H,11,12)(H2,10,13,14). The molecule has 0 aromatic carbocycles. The van der Waals surface area contributed by atoms with Crippen LogP contribution in [-0.4, -0.2) is 39.8 Å². The van der Waals surface area contributed by atoms with E-state index < -0.39 is 10.0 Å². The average Bonchev–Trinajstić information content (AvgIpc) is 2.18. The fourth-order valence-electron chi connectivity index (χ4n) is 1.00. The molecular weight excluding hydrogens is 232 g/mol. The Balaban J connectivity index is 3.37. The van der Waals surface area contributed by atoms with E-state index in [9.17, 15) is 13.2 Å². The highest BCUT2D eigenvalue weighted by Crippen LogP contribution is 1.87. The van der Waals surface area contributed by atoms with Crippen LogP contribution in [0.3, 0.4) is 0 Å². The van der Waals surface area contributed by atoms with E-state index in [1.165, 1.54) is 0 Å². The van der Waals surface area contributed by atoms with Crippen molar-refractivity contribution < 1.29 is 17.9 Å². The maximum Gasteiger partial charge on any atom is 0.222 e. The number of rotatable bonds is 9. The molecule has 16 heavy (non-hydrogen) atoms. The summed E-state index contributed by atoms with van der Waals surface area (Å²) in [5.41, 5.74) is 0. The molecule has 0 bridgehead atoms. The Labute approximate surface area is 96.6 Å². The fraction of sp³-hybridized carbons (Fsp3) is 0.889. The molecule has 0 heterocycles. The Morgan fingerprint density at radius 2 is 2.06 bits per heavy atom. The van der Waals surface area contributed by atoms with E-state index >= 15 is 0 Å². The molecule has 0 aliphatic carbocycles. The first-order chi connectivity index (χ1) is 7.45. The quantitative estimate of drug-likeness (QED) is 0.545. The van der Waals surface area contributed by atoms with Gasteiger partial charge in [0.25, 0.3) is 0 Å². The van der Waals surface area contributed by atoms with E-state index in [4.69, 9.17) is 9.88 Å².